The van der Waals surface area contributed by atoms with Crippen LogP contribution in [0.15, 0.2) is 0 Å². The highest BCUT2D eigenvalue weighted by Crippen LogP contribution is 2.36. The monoisotopic (exact) mass is 213 g/mol. The Kier molecular flexibility index (Phi) is 8.13. The lowest BCUT2D eigenvalue weighted by Crippen LogP contribution is -2.43. The Morgan fingerprint density at radius 2 is 1.40 bits per heavy atom. The Morgan fingerprint density at radius 1 is 0.867 bits per heavy atom. The van der Waals surface area contributed by atoms with Crippen molar-refractivity contribution in [3.8, 4) is 0 Å². The molecule has 0 aromatic heterocycles. The SMILES string of the molecule is CC.CC.CC1CCC2(CCCCC2)N1. The van der Waals surface area contributed by atoms with E-state index in [0.29, 0.717) is 5.54 Å². The van der Waals surface area contributed by atoms with Gasteiger partial charge in [0.1, 0.15) is 0 Å². The van der Waals surface area contributed by atoms with E-state index >= 15 is 0 Å². The highest BCUT2D eigenvalue weighted by Gasteiger charge is 2.37. The second-order valence-corrected chi connectivity index (χ2v) is 4.43. The fourth-order valence-corrected chi connectivity index (χ4v) is 2.78. The summed E-state index contributed by atoms with van der Waals surface area (Å²) in [6.07, 6.45) is 10.1. The van der Waals surface area contributed by atoms with Crippen LogP contribution in [0.1, 0.15) is 79.6 Å². The molecule has 2 rings (SSSR count). The number of hydrogen-bond donors (Lipinski definition) is 1. The van der Waals surface area contributed by atoms with E-state index in [4.69, 9.17) is 0 Å². The van der Waals surface area contributed by atoms with E-state index in [9.17, 15) is 0 Å². The van der Waals surface area contributed by atoms with Crippen molar-refractivity contribution in [2.75, 3.05) is 0 Å². The van der Waals surface area contributed by atoms with Gasteiger partial charge in [-0.25, -0.2) is 0 Å². The quantitative estimate of drug-likeness (QED) is 0.624. The van der Waals surface area contributed by atoms with Crippen molar-refractivity contribution >= 4 is 0 Å². The predicted octanol–water partition coefficient (Wildman–Crippen LogP) is 4.51. The summed E-state index contributed by atoms with van der Waals surface area (Å²) in [6, 6.07) is 0.785. The minimum atomic E-state index is 0.595. The standard InChI is InChI=1S/C10H19N.2C2H6/c1-9-5-8-10(11-9)6-3-2-4-7-10;2*1-2/h9,11H,2-8H2,1H3;2*1-2H3. The lowest BCUT2D eigenvalue weighted by molar-refractivity contribution is 0.256. The minimum absolute atomic E-state index is 0.595. The smallest absolute Gasteiger partial charge is 0.0184 e. The Bertz CT molecular complexity index is 131. The molecule has 1 saturated heterocycles. The lowest BCUT2D eigenvalue weighted by Gasteiger charge is -2.34. The summed E-state index contributed by atoms with van der Waals surface area (Å²) in [4.78, 5) is 0. The first-order valence-corrected chi connectivity index (χ1v) is 7.08. The summed E-state index contributed by atoms with van der Waals surface area (Å²) >= 11 is 0. The van der Waals surface area contributed by atoms with Gasteiger partial charge in [-0.15, -0.1) is 0 Å². The maximum atomic E-state index is 3.77. The lowest BCUT2D eigenvalue weighted by atomic mass is 9.81. The molecule has 1 unspecified atom stereocenters. The summed E-state index contributed by atoms with van der Waals surface area (Å²) in [5, 5.41) is 3.77. The van der Waals surface area contributed by atoms with Crippen LogP contribution in [0.3, 0.4) is 0 Å². The van der Waals surface area contributed by atoms with Gasteiger partial charge in [0, 0.05) is 11.6 Å². The average molecular weight is 213 g/mol. The van der Waals surface area contributed by atoms with Crippen molar-refractivity contribution < 1.29 is 0 Å². The number of rotatable bonds is 0. The van der Waals surface area contributed by atoms with Gasteiger partial charge in [0.15, 0.2) is 0 Å². The second kappa shape index (κ2) is 8.15. The third kappa shape index (κ3) is 4.55. The minimum Gasteiger partial charge on any atom is -0.309 e. The molecule has 1 nitrogen and oxygen atoms in total. The van der Waals surface area contributed by atoms with Crippen molar-refractivity contribution in [2.45, 2.75) is 91.1 Å². The largest absolute Gasteiger partial charge is 0.309 e. The van der Waals surface area contributed by atoms with Crippen LogP contribution in [0.4, 0.5) is 0 Å². The fourth-order valence-electron chi connectivity index (χ4n) is 2.78. The summed E-state index contributed by atoms with van der Waals surface area (Å²) in [5.41, 5.74) is 0.595. The summed E-state index contributed by atoms with van der Waals surface area (Å²) < 4.78 is 0. The fraction of sp³-hybridized carbons (Fsp3) is 1.00. The van der Waals surface area contributed by atoms with Gasteiger partial charge in [-0.1, -0.05) is 47.0 Å². The van der Waals surface area contributed by atoms with E-state index in [0.717, 1.165) is 6.04 Å². The first kappa shape index (κ1) is 15.0. The molecule has 0 amide bonds. The molecular formula is C14H31N. The summed E-state index contributed by atoms with van der Waals surface area (Å²) in [7, 11) is 0. The van der Waals surface area contributed by atoms with Crippen molar-refractivity contribution in [3.05, 3.63) is 0 Å². The van der Waals surface area contributed by atoms with Crippen LogP contribution < -0.4 is 5.32 Å². The Labute approximate surface area is 97.0 Å². The van der Waals surface area contributed by atoms with Gasteiger partial charge < -0.3 is 5.32 Å². The summed E-state index contributed by atoms with van der Waals surface area (Å²) in [5.74, 6) is 0. The van der Waals surface area contributed by atoms with Gasteiger partial charge in [-0.05, 0) is 32.6 Å². The average Bonchev–Trinajstić information content (AvgIpc) is 2.66. The second-order valence-electron chi connectivity index (χ2n) is 4.43. The highest BCUT2D eigenvalue weighted by molar-refractivity contribution is 4.97. The van der Waals surface area contributed by atoms with Crippen molar-refractivity contribution in [1.82, 2.24) is 5.32 Å². The molecule has 1 spiro atoms. The van der Waals surface area contributed by atoms with Crippen LogP contribution in [-0.4, -0.2) is 11.6 Å². The summed E-state index contributed by atoms with van der Waals surface area (Å²) in [6.45, 7) is 10.3. The first-order valence-electron chi connectivity index (χ1n) is 7.08. The van der Waals surface area contributed by atoms with Gasteiger partial charge in [0.05, 0.1) is 0 Å². The molecule has 1 aliphatic carbocycles. The Morgan fingerprint density at radius 3 is 1.80 bits per heavy atom. The van der Waals surface area contributed by atoms with Crippen molar-refractivity contribution in [3.63, 3.8) is 0 Å². The van der Waals surface area contributed by atoms with Crippen LogP contribution in [0, 0.1) is 0 Å². The Balaban J connectivity index is 0.000000442. The van der Waals surface area contributed by atoms with Gasteiger partial charge in [0.2, 0.25) is 0 Å². The van der Waals surface area contributed by atoms with E-state index in [1.807, 2.05) is 27.7 Å². The maximum absolute atomic E-state index is 3.77. The van der Waals surface area contributed by atoms with Crippen LogP contribution in [-0.2, 0) is 0 Å². The topological polar surface area (TPSA) is 12.0 Å². The zero-order valence-electron chi connectivity index (χ0n) is 11.5. The van der Waals surface area contributed by atoms with Gasteiger partial charge in [-0.3, -0.25) is 0 Å². The third-order valence-electron chi connectivity index (χ3n) is 3.42. The predicted molar refractivity (Wildman–Crippen MR) is 70.3 cm³/mol. The molecule has 92 valence electrons. The molecule has 2 aliphatic rings. The molecule has 1 heterocycles. The van der Waals surface area contributed by atoms with E-state index in [-0.39, 0.29) is 0 Å². The van der Waals surface area contributed by atoms with E-state index in [1.54, 1.807) is 0 Å². The molecule has 2 fully saturated rings. The molecule has 1 heteroatoms. The van der Waals surface area contributed by atoms with E-state index in [1.165, 1.54) is 44.9 Å². The number of hydrogen-bond acceptors (Lipinski definition) is 1. The molecule has 0 radical (unpaired) electrons. The molecule has 1 saturated carbocycles. The maximum Gasteiger partial charge on any atom is 0.0184 e. The molecule has 1 N–H and O–H groups in total. The molecule has 15 heavy (non-hydrogen) atoms. The normalized spacial score (nSPS) is 27.4. The van der Waals surface area contributed by atoms with E-state index in [2.05, 4.69) is 12.2 Å². The molecule has 1 atom stereocenters. The number of nitrogens with one attached hydrogen (secondary N) is 1. The van der Waals surface area contributed by atoms with E-state index < -0.39 is 0 Å². The first-order chi connectivity index (χ1) is 7.31. The van der Waals surface area contributed by atoms with Crippen LogP contribution in [0.25, 0.3) is 0 Å². The molecule has 0 bridgehead atoms. The third-order valence-corrected chi connectivity index (χ3v) is 3.42. The van der Waals surface area contributed by atoms with Crippen LogP contribution in [0.5, 0.6) is 0 Å². The molecule has 0 aromatic rings. The molecular weight excluding hydrogens is 182 g/mol. The van der Waals surface area contributed by atoms with Gasteiger partial charge in [0.25, 0.3) is 0 Å². The van der Waals surface area contributed by atoms with Gasteiger partial charge >= 0.3 is 0 Å². The highest BCUT2D eigenvalue weighted by atomic mass is 15.0. The zero-order chi connectivity index (χ0) is 11.7. The van der Waals surface area contributed by atoms with Crippen LogP contribution >= 0.6 is 0 Å². The van der Waals surface area contributed by atoms with Crippen molar-refractivity contribution in [2.24, 2.45) is 0 Å². The Hall–Kier alpha value is -0.0400. The zero-order valence-corrected chi connectivity index (χ0v) is 11.5. The van der Waals surface area contributed by atoms with Gasteiger partial charge in [-0.2, -0.15) is 0 Å². The van der Waals surface area contributed by atoms with Crippen LogP contribution in [0.2, 0.25) is 0 Å². The molecule has 0 aromatic carbocycles. The molecule has 1 aliphatic heterocycles. The van der Waals surface area contributed by atoms with Crippen molar-refractivity contribution in [1.29, 1.82) is 0 Å².